The van der Waals surface area contributed by atoms with Gasteiger partial charge in [0.15, 0.2) is 0 Å². The van der Waals surface area contributed by atoms with Crippen LogP contribution in [0.2, 0.25) is 0 Å². The van der Waals surface area contributed by atoms with Gasteiger partial charge in [-0.05, 0) is 55.3 Å². The molecule has 28 heavy (non-hydrogen) atoms. The first-order valence-electron chi connectivity index (χ1n) is 9.69. The summed E-state index contributed by atoms with van der Waals surface area (Å²) in [5.74, 6) is -0.0256. The van der Waals surface area contributed by atoms with Crippen LogP contribution in [0.5, 0.6) is 0 Å². The summed E-state index contributed by atoms with van der Waals surface area (Å²) < 4.78 is 5.40. The van der Waals surface area contributed by atoms with E-state index in [1.165, 1.54) is 0 Å². The van der Waals surface area contributed by atoms with Crippen molar-refractivity contribution in [2.75, 3.05) is 36.5 Å². The number of aryl methyl sites for hydroxylation is 2. The Morgan fingerprint density at radius 3 is 2.54 bits per heavy atom. The lowest BCUT2D eigenvalue weighted by atomic mass is 9.99. The monoisotopic (exact) mass is 375 g/mol. The van der Waals surface area contributed by atoms with Crippen LogP contribution in [0.4, 0.5) is 11.4 Å². The number of hydrogen-bond donors (Lipinski definition) is 1. The third kappa shape index (κ3) is 3.85. The predicted octanol–water partition coefficient (Wildman–Crippen LogP) is 3.87. The van der Waals surface area contributed by atoms with Gasteiger partial charge < -0.3 is 15.0 Å². The molecule has 1 amide bonds. The summed E-state index contributed by atoms with van der Waals surface area (Å²) in [7, 11) is 0. The summed E-state index contributed by atoms with van der Waals surface area (Å²) in [4.78, 5) is 19.6. The van der Waals surface area contributed by atoms with Crippen molar-refractivity contribution in [1.82, 2.24) is 4.98 Å². The number of morpholine rings is 1. The molecule has 144 valence electrons. The second-order valence-electron chi connectivity index (χ2n) is 7.19. The van der Waals surface area contributed by atoms with Gasteiger partial charge in [-0.2, -0.15) is 0 Å². The minimum atomic E-state index is -0.0256. The maximum atomic E-state index is 12.6. The molecule has 5 heteroatoms. The van der Waals surface area contributed by atoms with Gasteiger partial charge >= 0.3 is 0 Å². The molecule has 3 aromatic rings. The van der Waals surface area contributed by atoms with Crippen LogP contribution in [0.3, 0.4) is 0 Å². The number of nitrogens with zero attached hydrogens (tertiary/aromatic N) is 2. The summed E-state index contributed by atoms with van der Waals surface area (Å²) in [5.41, 5.74) is 5.98. The van der Waals surface area contributed by atoms with Crippen molar-refractivity contribution in [3.8, 4) is 0 Å². The van der Waals surface area contributed by atoms with Crippen LogP contribution in [-0.4, -0.2) is 37.2 Å². The fourth-order valence-electron chi connectivity index (χ4n) is 3.77. The summed E-state index contributed by atoms with van der Waals surface area (Å²) in [6.07, 6.45) is 0.320. The first kappa shape index (κ1) is 18.4. The molecule has 1 aromatic heterocycles. The van der Waals surface area contributed by atoms with Gasteiger partial charge in [-0.3, -0.25) is 9.78 Å². The number of carbonyl (C=O) groups is 1. The molecule has 1 aliphatic heterocycles. The van der Waals surface area contributed by atoms with Crippen molar-refractivity contribution in [3.05, 3.63) is 65.4 Å². The molecule has 0 saturated carbocycles. The van der Waals surface area contributed by atoms with Gasteiger partial charge in [0.2, 0.25) is 5.91 Å². The topological polar surface area (TPSA) is 54.5 Å². The number of fused-ring (bicyclic) bond motifs is 1. The number of carbonyl (C=O) groups excluding carboxylic acids is 1. The quantitative estimate of drug-likeness (QED) is 0.752. The van der Waals surface area contributed by atoms with Crippen LogP contribution in [0.1, 0.15) is 16.8 Å². The van der Waals surface area contributed by atoms with Gasteiger partial charge in [-0.15, -0.1) is 0 Å². The van der Waals surface area contributed by atoms with Gasteiger partial charge in [-0.25, -0.2) is 0 Å². The van der Waals surface area contributed by atoms with Gasteiger partial charge in [0.25, 0.3) is 0 Å². The van der Waals surface area contributed by atoms with E-state index in [1.54, 1.807) is 0 Å². The molecule has 0 aliphatic carbocycles. The number of benzene rings is 2. The van der Waals surface area contributed by atoms with Gasteiger partial charge in [0.05, 0.1) is 25.2 Å². The normalized spacial score (nSPS) is 14.3. The summed E-state index contributed by atoms with van der Waals surface area (Å²) in [6, 6.07) is 16.1. The largest absolute Gasteiger partial charge is 0.378 e. The lowest BCUT2D eigenvalue weighted by Crippen LogP contribution is -2.36. The zero-order valence-corrected chi connectivity index (χ0v) is 16.4. The molecule has 1 N–H and O–H groups in total. The highest BCUT2D eigenvalue weighted by molar-refractivity contribution is 5.94. The Morgan fingerprint density at radius 1 is 1.07 bits per heavy atom. The summed E-state index contributed by atoms with van der Waals surface area (Å²) in [5, 5.41) is 4.12. The maximum Gasteiger partial charge on any atom is 0.228 e. The molecule has 2 heterocycles. The Bertz CT molecular complexity index is 993. The minimum Gasteiger partial charge on any atom is -0.378 e. The highest BCUT2D eigenvalue weighted by atomic mass is 16.5. The zero-order valence-electron chi connectivity index (χ0n) is 16.4. The van der Waals surface area contributed by atoms with Gasteiger partial charge in [0, 0.05) is 35.5 Å². The molecule has 1 saturated heterocycles. The zero-order chi connectivity index (χ0) is 19.5. The second kappa shape index (κ2) is 7.98. The lowest BCUT2D eigenvalue weighted by Gasteiger charge is -2.28. The Kier molecular flexibility index (Phi) is 5.26. The van der Waals surface area contributed by atoms with E-state index in [9.17, 15) is 4.79 Å². The third-order valence-corrected chi connectivity index (χ3v) is 5.35. The third-order valence-electron chi connectivity index (χ3n) is 5.35. The average molecular weight is 375 g/mol. The number of ether oxygens (including phenoxy) is 1. The molecule has 1 fully saturated rings. The Labute approximate surface area is 165 Å². The molecule has 0 radical (unpaired) electrons. The van der Waals surface area contributed by atoms with Crippen molar-refractivity contribution in [3.63, 3.8) is 0 Å². The van der Waals surface area contributed by atoms with Crippen LogP contribution < -0.4 is 10.2 Å². The van der Waals surface area contributed by atoms with E-state index in [1.807, 2.05) is 37.3 Å². The first-order chi connectivity index (χ1) is 13.6. The predicted molar refractivity (Wildman–Crippen MR) is 113 cm³/mol. The van der Waals surface area contributed by atoms with E-state index in [4.69, 9.17) is 4.74 Å². The first-order valence-corrected chi connectivity index (χ1v) is 9.69. The Balaban J connectivity index is 1.46. The second-order valence-corrected chi connectivity index (χ2v) is 7.19. The molecule has 0 unspecified atom stereocenters. The van der Waals surface area contributed by atoms with Gasteiger partial charge in [-0.1, -0.05) is 18.2 Å². The fourth-order valence-corrected chi connectivity index (χ4v) is 3.77. The molecule has 4 rings (SSSR count). The SMILES string of the molecule is Cc1nc2ccccc2c(C)c1CC(=O)Nc1ccc(N2CCOCC2)cc1. The van der Waals surface area contributed by atoms with Crippen LogP contribution in [-0.2, 0) is 16.0 Å². The summed E-state index contributed by atoms with van der Waals surface area (Å²) >= 11 is 0. The van der Waals surface area contributed by atoms with E-state index in [2.05, 4.69) is 40.3 Å². The van der Waals surface area contributed by atoms with Crippen molar-refractivity contribution >= 4 is 28.2 Å². The number of anilines is 2. The Hall–Kier alpha value is -2.92. The Morgan fingerprint density at radius 2 is 1.79 bits per heavy atom. The molecular weight excluding hydrogens is 350 g/mol. The van der Waals surface area contributed by atoms with Crippen molar-refractivity contribution < 1.29 is 9.53 Å². The minimum absolute atomic E-state index is 0.0256. The maximum absolute atomic E-state index is 12.6. The molecule has 2 aromatic carbocycles. The number of nitrogens with one attached hydrogen (secondary N) is 1. The van der Waals surface area contributed by atoms with Crippen molar-refractivity contribution in [2.45, 2.75) is 20.3 Å². The van der Waals surface area contributed by atoms with E-state index in [0.29, 0.717) is 6.42 Å². The van der Waals surface area contributed by atoms with Crippen LogP contribution in [0, 0.1) is 13.8 Å². The molecule has 1 aliphatic rings. The average Bonchev–Trinajstić information content (AvgIpc) is 2.72. The standard InChI is InChI=1S/C23H25N3O2/c1-16-20-5-3-4-6-22(20)24-17(2)21(16)15-23(27)25-18-7-9-19(10-8-18)26-11-13-28-14-12-26/h3-10H,11-15H2,1-2H3,(H,25,27). The number of pyridine rings is 1. The molecule has 0 spiro atoms. The number of hydrogen-bond acceptors (Lipinski definition) is 4. The molecule has 5 nitrogen and oxygen atoms in total. The highest BCUT2D eigenvalue weighted by Crippen LogP contribution is 2.24. The molecule has 0 atom stereocenters. The number of rotatable bonds is 4. The number of para-hydroxylation sites is 1. The smallest absolute Gasteiger partial charge is 0.228 e. The van der Waals surface area contributed by atoms with E-state index >= 15 is 0 Å². The number of amides is 1. The fraction of sp³-hybridized carbons (Fsp3) is 0.304. The van der Waals surface area contributed by atoms with Gasteiger partial charge in [0.1, 0.15) is 0 Å². The van der Waals surface area contributed by atoms with E-state index in [0.717, 1.165) is 65.4 Å². The van der Waals surface area contributed by atoms with E-state index in [-0.39, 0.29) is 5.91 Å². The van der Waals surface area contributed by atoms with Crippen molar-refractivity contribution in [2.24, 2.45) is 0 Å². The van der Waals surface area contributed by atoms with Crippen LogP contribution in [0.15, 0.2) is 48.5 Å². The molecular formula is C23H25N3O2. The van der Waals surface area contributed by atoms with Crippen LogP contribution >= 0.6 is 0 Å². The van der Waals surface area contributed by atoms with Crippen LogP contribution in [0.25, 0.3) is 10.9 Å². The summed E-state index contributed by atoms with van der Waals surface area (Å²) in [6.45, 7) is 7.36. The highest BCUT2D eigenvalue weighted by Gasteiger charge is 2.14. The lowest BCUT2D eigenvalue weighted by molar-refractivity contribution is -0.115. The van der Waals surface area contributed by atoms with Crippen molar-refractivity contribution in [1.29, 1.82) is 0 Å². The molecule has 0 bridgehead atoms. The number of aromatic nitrogens is 1. The van der Waals surface area contributed by atoms with E-state index < -0.39 is 0 Å².